The number of hydrazine groups is 2. The molecule has 1 aromatic carbocycles. The van der Waals surface area contributed by atoms with E-state index >= 15 is 0 Å². The largest absolute Gasteiger partial charge is 0.356 e. The first-order chi connectivity index (χ1) is 10.9. The Labute approximate surface area is 133 Å². The van der Waals surface area contributed by atoms with Gasteiger partial charge < -0.3 is 0 Å². The Kier molecular flexibility index (Phi) is 4.91. The fraction of sp³-hybridized carbons (Fsp3) is 0.286. The van der Waals surface area contributed by atoms with E-state index in [4.69, 9.17) is 0 Å². The number of nitro groups is 1. The molecule has 9 heteroatoms. The zero-order valence-corrected chi connectivity index (χ0v) is 13.1. The minimum atomic E-state index is -0.540. The van der Waals surface area contributed by atoms with Crippen molar-refractivity contribution in [3.05, 3.63) is 46.8 Å². The van der Waals surface area contributed by atoms with Crippen molar-refractivity contribution in [2.24, 2.45) is 0 Å². The van der Waals surface area contributed by atoms with Crippen LogP contribution in [0.25, 0.3) is 0 Å². The highest BCUT2D eigenvalue weighted by Gasteiger charge is 2.24. The number of benzene rings is 1. The van der Waals surface area contributed by atoms with Gasteiger partial charge in [-0.1, -0.05) is 18.2 Å². The summed E-state index contributed by atoms with van der Waals surface area (Å²) in [6.45, 7) is 5.76. The Morgan fingerprint density at radius 2 is 1.61 bits per heavy atom. The smallest absolute Gasteiger partial charge is 0.299 e. The van der Waals surface area contributed by atoms with Crippen LogP contribution in [0.5, 0.6) is 0 Å². The molecule has 0 unspecified atom stereocenters. The van der Waals surface area contributed by atoms with Crippen LogP contribution in [0.1, 0.15) is 20.8 Å². The molecular formula is C14H19N7O2. The van der Waals surface area contributed by atoms with Crippen molar-refractivity contribution in [2.45, 2.75) is 26.3 Å². The van der Waals surface area contributed by atoms with Crippen molar-refractivity contribution in [3.8, 4) is 0 Å². The van der Waals surface area contributed by atoms with Crippen molar-refractivity contribution < 1.29 is 4.92 Å². The zero-order valence-electron chi connectivity index (χ0n) is 13.1. The standard InChI is InChI=1S/C14H19N7O2/c1-14(2,3)20-19-13-11(21(22)23)12(15-9-16-13)18-17-10-7-5-4-6-8-10/h4-9,17,20H,1-3H3,(H2,15,16,18,19). The van der Waals surface area contributed by atoms with Gasteiger partial charge in [0.25, 0.3) is 0 Å². The van der Waals surface area contributed by atoms with Crippen LogP contribution in [-0.4, -0.2) is 20.4 Å². The maximum absolute atomic E-state index is 11.4. The number of nitrogens with zero attached hydrogens (tertiary/aromatic N) is 3. The maximum Gasteiger partial charge on any atom is 0.356 e. The van der Waals surface area contributed by atoms with Crippen LogP contribution in [0.2, 0.25) is 0 Å². The van der Waals surface area contributed by atoms with Gasteiger partial charge in [0.2, 0.25) is 11.6 Å². The van der Waals surface area contributed by atoms with Crippen molar-refractivity contribution in [1.29, 1.82) is 0 Å². The highest BCUT2D eigenvalue weighted by atomic mass is 16.6. The molecule has 0 radical (unpaired) electrons. The fourth-order valence-corrected chi connectivity index (χ4v) is 1.63. The van der Waals surface area contributed by atoms with E-state index in [1.165, 1.54) is 6.33 Å². The monoisotopic (exact) mass is 317 g/mol. The molecule has 0 aliphatic heterocycles. The molecule has 2 rings (SSSR count). The quantitative estimate of drug-likeness (QED) is 0.474. The van der Waals surface area contributed by atoms with Crippen LogP contribution in [-0.2, 0) is 0 Å². The normalized spacial score (nSPS) is 10.9. The Hall–Kier alpha value is -2.94. The fourth-order valence-electron chi connectivity index (χ4n) is 1.63. The number of rotatable bonds is 6. The first-order valence-corrected chi connectivity index (χ1v) is 6.96. The molecule has 0 saturated carbocycles. The van der Waals surface area contributed by atoms with Gasteiger partial charge in [0.1, 0.15) is 6.33 Å². The van der Waals surface area contributed by atoms with E-state index in [9.17, 15) is 10.1 Å². The Balaban J connectivity index is 2.20. The number of hydrogen-bond donors (Lipinski definition) is 4. The third kappa shape index (κ3) is 4.78. The van der Waals surface area contributed by atoms with Gasteiger partial charge in [0.05, 0.1) is 10.6 Å². The predicted octanol–water partition coefficient (Wildman–Crippen LogP) is 2.54. The lowest BCUT2D eigenvalue weighted by Gasteiger charge is -2.21. The van der Waals surface area contributed by atoms with Gasteiger partial charge in [-0.05, 0) is 32.9 Å². The highest BCUT2D eigenvalue weighted by Crippen LogP contribution is 2.28. The van der Waals surface area contributed by atoms with E-state index < -0.39 is 4.92 Å². The van der Waals surface area contributed by atoms with Crippen molar-refractivity contribution in [2.75, 3.05) is 16.3 Å². The van der Waals surface area contributed by atoms with Crippen molar-refractivity contribution in [1.82, 2.24) is 15.4 Å². The van der Waals surface area contributed by atoms with Crippen molar-refractivity contribution in [3.63, 3.8) is 0 Å². The molecule has 0 bridgehead atoms. The highest BCUT2D eigenvalue weighted by molar-refractivity contribution is 5.70. The van der Waals surface area contributed by atoms with E-state index in [-0.39, 0.29) is 22.9 Å². The van der Waals surface area contributed by atoms with Crippen LogP contribution < -0.4 is 21.7 Å². The summed E-state index contributed by atoms with van der Waals surface area (Å²) in [4.78, 5) is 18.7. The minimum Gasteiger partial charge on any atom is -0.299 e. The van der Waals surface area contributed by atoms with Gasteiger partial charge in [-0.25, -0.2) is 15.4 Å². The Bertz CT molecular complexity index is 671. The van der Waals surface area contributed by atoms with E-state index in [2.05, 4.69) is 31.7 Å². The van der Waals surface area contributed by atoms with Crippen LogP contribution in [0.3, 0.4) is 0 Å². The van der Waals surface area contributed by atoms with Gasteiger partial charge in [0, 0.05) is 5.54 Å². The number of anilines is 3. The second-order valence-corrected chi connectivity index (χ2v) is 5.79. The van der Waals surface area contributed by atoms with Gasteiger partial charge in [-0.2, -0.15) is 0 Å². The molecule has 0 aliphatic rings. The number of hydrogen-bond acceptors (Lipinski definition) is 8. The van der Waals surface area contributed by atoms with Crippen LogP contribution in [0.15, 0.2) is 36.7 Å². The van der Waals surface area contributed by atoms with Crippen LogP contribution in [0.4, 0.5) is 23.0 Å². The number of para-hydroxylation sites is 1. The Morgan fingerprint density at radius 3 is 2.17 bits per heavy atom. The third-order valence-electron chi connectivity index (χ3n) is 2.66. The third-order valence-corrected chi connectivity index (χ3v) is 2.66. The molecule has 122 valence electrons. The molecule has 1 heterocycles. The SMILES string of the molecule is CC(C)(C)NNc1ncnc(NNc2ccccc2)c1[N+](=O)[O-]. The average molecular weight is 317 g/mol. The first-order valence-electron chi connectivity index (χ1n) is 6.96. The first kappa shape index (κ1) is 16.4. The summed E-state index contributed by atoms with van der Waals surface area (Å²) < 4.78 is 0. The van der Waals surface area contributed by atoms with Crippen LogP contribution >= 0.6 is 0 Å². The van der Waals surface area contributed by atoms with Gasteiger partial charge in [-0.15, -0.1) is 0 Å². The maximum atomic E-state index is 11.4. The molecule has 0 atom stereocenters. The molecule has 2 aromatic rings. The molecule has 4 N–H and O–H groups in total. The van der Waals surface area contributed by atoms with Crippen molar-refractivity contribution >= 4 is 23.0 Å². The van der Waals surface area contributed by atoms with E-state index in [0.717, 1.165) is 5.69 Å². The van der Waals surface area contributed by atoms with E-state index in [0.29, 0.717) is 0 Å². The molecule has 0 spiro atoms. The molecule has 1 aromatic heterocycles. The molecule has 0 saturated heterocycles. The number of aromatic nitrogens is 2. The summed E-state index contributed by atoms with van der Waals surface area (Å²) in [6, 6.07) is 9.20. The summed E-state index contributed by atoms with van der Waals surface area (Å²) >= 11 is 0. The second-order valence-electron chi connectivity index (χ2n) is 5.79. The Morgan fingerprint density at radius 1 is 1.00 bits per heavy atom. The molecule has 23 heavy (non-hydrogen) atoms. The summed E-state index contributed by atoms with van der Waals surface area (Å²) in [5.41, 5.74) is 11.5. The summed E-state index contributed by atoms with van der Waals surface area (Å²) in [6.07, 6.45) is 1.24. The zero-order chi connectivity index (χ0) is 16.9. The lowest BCUT2D eigenvalue weighted by Crippen LogP contribution is -2.40. The lowest BCUT2D eigenvalue weighted by molar-refractivity contribution is -0.383. The average Bonchev–Trinajstić information content (AvgIpc) is 2.51. The molecular weight excluding hydrogens is 298 g/mol. The van der Waals surface area contributed by atoms with E-state index in [1.807, 2.05) is 51.1 Å². The summed E-state index contributed by atoms with van der Waals surface area (Å²) in [7, 11) is 0. The topological polar surface area (TPSA) is 117 Å². The lowest BCUT2D eigenvalue weighted by atomic mass is 10.1. The van der Waals surface area contributed by atoms with Gasteiger partial charge >= 0.3 is 5.69 Å². The predicted molar refractivity (Wildman–Crippen MR) is 88.9 cm³/mol. The van der Waals surface area contributed by atoms with Gasteiger partial charge in [0.15, 0.2) is 0 Å². The molecule has 0 aliphatic carbocycles. The minimum absolute atomic E-state index is 0.0621. The second kappa shape index (κ2) is 6.88. The molecule has 0 fully saturated rings. The van der Waals surface area contributed by atoms with Crippen LogP contribution in [0, 0.1) is 10.1 Å². The molecule has 0 amide bonds. The number of nitrogens with one attached hydrogen (secondary N) is 4. The van der Waals surface area contributed by atoms with E-state index in [1.54, 1.807) is 0 Å². The summed E-state index contributed by atoms with van der Waals surface area (Å²) in [5, 5.41) is 11.4. The molecule has 9 nitrogen and oxygen atoms in total. The van der Waals surface area contributed by atoms with Gasteiger partial charge in [-0.3, -0.25) is 26.4 Å². The summed E-state index contributed by atoms with van der Waals surface area (Å²) in [5.74, 6) is 0.143.